The Morgan fingerprint density at radius 1 is 0.274 bits per heavy atom. The first-order valence-electron chi connectivity index (χ1n) is 34.3. The number of esters is 2. The minimum absolute atomic E-state index is 0.0924. The molecule has 0 rings (SSSR count). The van der Waals surface area contributed by atoms with E-state index in [-0.39, 0.29) is 31.6 Å². The molecule has 1 N–H and O–H groups in total. The summed E-state index contributed by atoms with van der Waals surface area (Å²) in [7, 11) is 0. The van der Waals surface area contributed by atoms with Crippen molar-refractivity contribution in [3.05, 3.63) is 182 Å². The van der Waals surface area contributed by atoms with Crippen molar-refractivity contribution in [1.29, 1.82) is 0 Å². The molecule has 0 saturated heterocycles. The lowest BCUT2D eigenvalue weighted by molar-refractivity contribution is -0.161. The number of rotatable bonds is 61. The topological polar surface area (TPSA) is 72.8 Å². The van der Waals surface area contributed by atoms with Crippen molar-refractivity contribution in [2.45, 2.75) is 290 Å². The largest absolute Gasteiger partial charge is 0.462 e. The molecule has 0 radical (unpaired) electrons. The molecule has 5 heteroatoms. The third-order valence-corrected chi connectivity index (χ3v) is 14.2. The van der Waals surface area contributed by atoms with Gasteiger partial charge in [-0.3, -0.25) is 9.59 Å². The summed E-state index contributed by atoms with van der Waals surface area (Å²) in [5.41, 5.74) is 0. The summed E-state index contributed by atoms with van der Waals surface area (Å²) >= 11 is 0. The Bertz CT molecular complexity index is 1890. The average molecular weight is 1160 g/mol. The maximum atomic E-state index is 12.3. The third-order valence-electron chi connectivity index (χ3n) is 14.2. The van der Waals surface area contributed by atoms with Gasteiger partial charge in [-0.05, 0) is 135 Å². The number of aliphatic hydroxyl groups is 1. The van der Waals surface area contributed by atoms with Gasteiger partial charge in [-0.15, -0.1) is 0 Å². The summed E-state index contributed by atoms with van der Waals surface area (Å²) in [5.74, 6) is -0.646. The molecule has 0 saturated carbocycles. The van der Waals surface area contributed by atoms with Crippen molar-refractivity contribution in [2.24, 2.45) is 0 Å². The van der Waals surface area contributed by atoms with Crippen LogP contribution in [-0.2, 0) is 19.1 Å². The molecule has 472 valence electrons. The second-order valence-corrected chi connectivity index (χ2v) is 22.1. The van der Waals surface area contributed by atoms with E-state index in [1.54, 1.807) is 0 Å². The van der Waals surface area contributed by atoms with Crippen LogP contribution in [0.5, 0.6) is 0 Å². The van der Waals surface area contributed by atoms with Gasteiger partial charge in [0.1, 0.15) is 6.61 Å². The molecule has 0 aliphatic heterocycles. The van der Waals surface area contributed by atoms with Gasteiger partial charge in [0, 0.05) is 12.8 Å². The third kappa shape index (κ3) is 69.5. The van der Waals surface area contributed by atoms with E-state index < -0.39 is 6.10 Å². The maximum Gasteiger partial charge on any atom is 0.306 e. The van der Waals surface area contributed by atoms with Gasteiger partial charge in [0.2, 0.25) is 0 Å². The van der Waals surface area contributed by atoms with Crippen molar-refractivity contribution < 1.29 is 24.2 Å². The summed E-state index contributed by atoms with van der Waals surface area (Å²) < 4.78 is 10.7. The first-order valence-corrected chi connectivity index (χ1v) is 34.3. The number of hydrogen-bond donors (Lipinski definition) is 1. The molecule has 1 atom stereocenters. The number of allylic oxidation sites excluding steroid dienone is 30. The zero-order valence-corrected chi connectivity index (χ0v) is 54.1. The van der Waals surface area contributed by atoms with Crippen LogP contribution in [0.2, 0.25) is 0 Å². The summed E-state index contributed by atoms with van der Waals surface area (Å²) in [6.45, 7) is 3.88. The predicted molar refractivity (Wildman–Crippen MR) is 370 cm³/mol. The van der Waals surface area contributed by atoms with Crippen LogP contribution in [0.3, 0.4) is 0 Å². The molecule has 0 spiro atoms. The molecule has 0 aliphatic carbocycles. The molecule has 1 unspecified atom stereocenters. The minimum Gasteiger partial charge on any atom is -0.462 e. The van der Waals surface area contributed by atoms with E-state index in [4.69, 9.17) is 9.47 Å². The second-order valence-electron chi connectivity index (χ2n) is 22.1. The molecule has 0 aromatic carbocycles. The van der Waals surface area contributed by atoms with Gasteiger partial charge in [-0.2, -0.15) is 0 Å². The predicted octanol–water partition coefficient (Wildman–Crippen LogP) is 24.2. The Labute approximate surface area is 518 Å². The summed E-state index contributed by atoms with van der Waals surface area (Å²) in [6, 6.07) is 0. The maximum absolute atomic E-state index is 12.3. The lowest BCUT2D eigenvalue weighted by atomic mass is 10.0. The minimum atomic E-state index is -0.809. The van der Waals surface area contributed by atoms with Crippen molar-refractivity contribution in [1.82, 2.24) is 0 Å². The highest BCUT2D eigenvalue weighted by Crippen LogP contribution is 2.16. The van der Waals surface area contributed by atoms with Crippen LogP contribution in [0, 0.1) is 0 Å². The summed E-state index contributed by atoms with van der Waals surface area (Å²) in [5, 5.41) is 9.69. The molecule has 0 aliphatic rings. The van der Waals surface area contributed by atoms with Gasteiger partial charge in [0.15, 0.2) is 6.10 Å². The number of aliphatic hydroxyl groups excluding tert-OH is 1. The Morgan fingerprint density at radius 3 is 0.738 bits per heavy atom. The Balaban J connectivity index is 3.58. The van der Waals surface area contributed by atoms with E-state index in [9.17, 15) is 14.7 Å². The number of hydrogen-bond acceptors (Lipinski definition) is 5. The first-order chi connectivity index (χ1) is 41.6. The molecule has 84 heavy (non-hydrogen) atoms. The lowest BCUT2D eigenvalue weighted by Gasteiger charge is -2.15. The zero-order chi connectivity index (χ0) is 60.5. The van der Waals surface area contributed by atoms with Crippen LogP contribution in [0.15, 0.2) is 182 Å². The van der Waals surface area contributed by atoms with Crippen molar-refractivity contribution in [3.8, 4) is 0 Å². The van der Waals surface area contributed by atoms with Crippen molar-refractivity contribution in [3.63, 3.8) is 0 Å². The van der Waals surface area contributed by atoms with Gasteiger partial charge >= 0.3 is 11.9 Å². The van der Waals surface area contributed by atoms with E-state index in [0.717, 1.165) is 128 Å². The molecular formula is C79H126O5. The Kier molecular flexibility index (Phi) is 68.0. The van der Waals surface area contributed by atoms with Crippen molar-refractivity contribution in [2.75, 3.05) is 13.2 Å². The fourth-order valence-corrected chi connectivity index (χ4v) is 9.14. The van der Waals surface area contributed by atoms with Gasteiger partial charge < -0.3 is 14.6 Å². The van der Waals surface area contributed by atoms with Crippen LogP contribution in [-0.4, -0.2) is 36.4 Å². The average Bonchev–Trinajstić information content (AvgIpc) is 3.51. The van der Waals surface area contributed by atoms with Crippen LogP contribution >= 0.6 is 0 Å². The van der Waals surface area contributed by atoms with Crippen LogP contribution in [0.4, 0.5) is 0 Å². The Hall–Kier alpha value is -5.00. The standard InChI is InChI=1S/C79H126O5/c1-3-5-7-9-11-13-15-17-19-21-23-25-27-29-31-33-35-37-38-39-40-42-43-45-47-49-51-53-55-57-59-61-63-65-67-69-71-73-78(81)83-76-77(75-80)84-79(82)74-72-70-68-66-64-62-60-58-56-54-52-50-48-46-44-41-36-34-32-30-28-26-24-22-20-18-16-14-12-10-8-6-4-2/h5-8,11-14,17-20,23-26,29-32,36,41,46,48,52,54,58,60,64,66,77,80H,3-4,9-10,15-16,21-22,27-28,33-35,37-40,42-45,47,49-51,53,55-57,59,61-63,65,67-76H2,1-2H3/b7-5-,8-6-,13-11-,14-12-,19-17-,20-18-,25-23-,26-24-,31-29-,32-30-,41-36-,48-46-,54-52-,60-58-,66-64-. The first kappa shape index (κ1) is 79.0. The highest BCUT2D eigenvalue weighted by molar-refractivity contribution is 5.70. The van der Waals surface area contributed by atoms with E-state index in [1.165, 1.54) is 122 Å². The second kappa shape index (κ2) is 72.3. The molecule has 0 aromatic rings. The summed E-state index contributed by atoms with van der Waals surface area (Å²) in [4.78, 5) is 24.6. The molecule has 0 fully saturated rings. The van der Waals surface area contributed by atoms with Gasteiger partial charge in [0.25, 0.3) is 0 Å². The van der Waals surface area contributed by atoms with Crippen LogP contribution in [0.25, 0.3) is 0 Å². The highest BCUT2D eigenvalue weighted by atomic mass is 16.6. The molecule has 0 heterocycles. The molecule has 0 aromatic heterocycles. The van der Waals surface area contributed by atoms with Crippen LogP contribution < -0.4 is 0 Å². The van der Waals surface area contributed by atoms with Crippen molar-refractivity contribution >= 4 is 11.9 Å². The SMILES string of the molecule is CC/C=C\C/C=C\C/C=C\C/C=C\C/C=C\C/C=C\C/C=C\C/C=C\C/C=C\C/C=C\CCCCC(=O)OC(CO)COC(=O)CCCCCCCCCCCCCCCCCCCCCCC/C=C\C/C=C\C/C=C\C/C=C\C/C=C\CC. The monoisotopic (exact) mass is 1150 g/mol. The fourth-order valence-electron chi connectivity index (χ4n) is 9.14. The molecule has 0 bridgehead atoms. The fraction of sp³-hybridized carbons (Fsp3) is 0.595. The van der Waals surface area contributed by atoms with Gasteiger partial charge in [-0.1, -0.05) is 318 Å². The number of carbonyl (C=O) groups is 2. The van der Waals surface area contributed by atoms with E-state index >= 15 is 0 Å². The van der Waals surface area contributed by atoms with E-state index in [0.29, 0.717) is 12.8 Å². The molecule has 0 amide bonds. The number of ether oxygens (including phenoxy) is 2. The van der Waals surface area contributed by atoms with E-state index in [1.807, 2.05) is 0 Å². The van der Waals surface area contributed by atoms with E-state index in [2.05, 4.69) is 196 Å². The van der Waals surface area contributed by atoms with Crippen LogP contribution in [0.1, 0.15) is 284 Å². The highest BCUT2D eigenvalue weighted by Gasteiger charge is 2.16. The number of unbranched alkanes of at least 4 members (excludes halogenated alkanes) is 23. The van der Waals surface area contributed by atoms with Gasteiger partial charge in [-0.25, -0.2) is 0 Å². The summed E-state index contributed by atoms with van der Waals surface area (Å²) in [6.07, 6.45) is 113. The number of carbonyl (C=O) groups excluding carboxylic acids is 2. The smallest absolute Gasteiger partial charge is 0.306 e. The van der Waals surface area contributed by atoms with Gasteiger partial charge in [0.05, 0.1) is 6.61 Å². The zero-order valence-electron chi connectivity index (χ0n) is 54.1. The quantitative estimate of drug-likeness (QED) is 0.0373. The molecular weight excluding hydrogens is 1030 g/mol. The normalized spacial score (nSPS) is 13.4. The Morgan fingerprint density at radius 2 is 0.476 bits per heavy atom. The lowest BCUT2D eigenvalue weighted by Crippen LogP contribution is -2.28. The molecule has 5 nitrogen and oxygen atoms in total.